The summed E-state index contributed by atoms with van der Waals surface area (Å²) >= 11 is 0. The number of phenolic OH excluding ortho intramolecular Hbond substituents is 1. The number of para-hydroxylation sites is 1. The zero-order valence-electron chi connectivity index (χ0n) is 11.7. The van der Waals surface area contributed by atoms with Crippen molar-refractivity contribution in [3.05, 3.63) is 69.8 Å². The fourth-order valence-corrected chi connectivity index (χ4v) is 1.77. The van der Waals surface area contributed by atoms with Gasteiger partial charge in [0, 0.05) is 17.7 Å². The third kappa shape index (κ3) is 3.45. The Morgan fingerprint density at radius 3 is 2.64 bits per heavy atom. The number of hydrogen-bond acceptors (Lipinski definition) is 5. The maximum absolute atomic E-state index is 11.9. The minimum atomic E-state index is -0.567. The maximum Gasteiger partial charge on any atom is 0.275 e. The Balaban J connectivity index is 2.16. The number of phenols is 1. The molecule has 2 N–H and O–H groups in total. The standard InChI is InChI=1S/C15H13N3O4/c1-10(11-5-4-6-12(9-11)18(21)22)16-17-15(20)13-7-2-3-8-14(13)19/h2-9,19H,1H3,(H,17,20)/b16-10+. The quantitative estimate of drug-likeness (QED) is 0.514. The van der Waals surface area contributed by atoms with Gasteiger partial charge in [-0.15, -0.1) is 0 Å². The molecule has 0 heterocycles. The lowest BCUT2D eigenvalue weighted by molar-refractivity contribution is -0.384. The highest BCUT2D eigenvalue weighted by atomic mass is 16.6. The number of nitrogens with zero attached hydrogens (tertiary/aromatic N) is 2. The summed E-state index contributed by atoms with van der Waals surface area (Å²) in [5, 5.41) is 24.2. The summed E-state index contributed by atoms with van der Waals surface area (Å²) in [4.78, 5) is 22.1. The summed E-state index contributed by atoms with van der Waals surface area (Å²) in [6.07, 6.45) is 0. The van der Waals surface area contributed by atoms with Crippen molar-refractivity contribution in [3.8, 4) is 5.75 Å². The number of carbonyl (C=O) groups excluding carboxylic acids is 1. The second-order valence-electron chi connectivity index (χ2n) is 4.46. The predicted octanol–water partition coefficient (Wildman–Crippen LogP) is 2.45. The molecule has 0 unspecified atom stereocenters. The first-order valence-electron chi connectivity index (χ1n) is 6.36. The van der Waals surface area contributed by atoms with E-state index in [1.807, 2.05) is 0 Å². The van der Waals surface area contributed by atoms with Gasteiger partial charge in [0.25, 0.3) is 11.6 Å². The van der Waals surface area contributed by atoms with Crippen LogP contribution in [0.3, 0.4) is 0 Å². The highest BCUT2D eigenvalue weighted by Gasteiger charge is 2.10. The first-order valence-corrected chi connectivity index (χ1v) is 6.36. The second-order valence-corrected chi connectivity index (χ2v) is 4.46. The third-order valence-corrected chi connectivity index (χ3v) is 2.95. The minimum absolute atomic E-state index is 0.0564. The molecule has 0 spiro atoms. The number of amides is 1. The Hall–Kier alpha value is -3.22. The number of benzene rings is 2. The summed E-state index contributed by atoms with van der Waals surface area (Å²) in [7, 11) is 0. The molecule has 7 heteroatoms. The molecule has 0 bridgehead atoms. The van der Waals surface area contributed by atoms with Crippen molar-refractivity contribution in [2.75, 3.05) is 0 Å². The zero-order chi connectivity index (χ0) is 16.1. The van der Waals surface area contributed by atoms with Gasteiger partial charge in [0.1, 0.15) is 5.75 Å². The molecule has 0 aromatic heterocycles. The van der Waals surface area contributed by atoms with Crippen LogP contribution in [0.25, 0.3) is 0 Å². The Morgan fingerprint density at radius 2 is 1.95 bits per heavy atom. The van der Waals surface area contributed by atoms with Crippen LogP contribution in [-0.4, -0.2) is 21.6 Å². The van der Waals surface area contributed by atoms with Crippen LogP contribution < -0.4 is 5.43 Å². The molecule has 0 radical (unpaired) electrons. The van der Waals surface area contributed by atoms with Crippen molar-refractivity contribution >= 4 is 17.3 Å². The van der Waals surface area contributed by atoms with E-state index in [-0.39, 0.29) is 17.0 Å². The van der Waals surface area contributed by atoms with Gasteiger partial charge in [0.15, 0.2) is 0 Å². The fraction of sp³-hybridized carbons (Fsp3) is 0.0667. The van der Waals surface area contributed by atoms with Crippen LogP contribution in [0.4, 0.5) is 5.69 Å². The average molecular weight is 299 g/mol. The van der Waals surface area contributed by atoms with Crippen LogP contribution >= 0.6 is 0 Å². The Labute approximate surface area is 126 Å². The molecule has 7 nitrogen and oxygen atoms in total. The van der Waals surface area contributed by atoms with Gasteiger partial charge in [-0.2, -0.15) is 5.10 Å². The Morgan fingerprint density at radius 1 is 1.23 bits per heavy atom. The molecular weight excluding hydrogens is 286 g/mol. The molecule has 2 aromatic rings. The van der Waals surface area contributed by atoms with Crippen LogP contribution in [-0.2, 0) is 0 Å². The number of nitro benzene ring substituents is 1. The van der Waals surface area contributed by atoms with Crippen LogP contribution in [0, 0.1) is 10.1 Å². The van der Waals surface area contributed by atoms with Crippen molar-refractivity contribution < 1.29 is 14.8 Å². The topological polar surface area (TPSA) is 105 Å². The van der Waals surface area contributed by atoms with Crippen molar-refractivity contribution in [2.24, 2.45) is 5.10 Å². The first-order chi connectivity index (χ1) is 10.5. The predicted molar refractivity (Wildman–Crippen MR) is 80.9 cm³/mol. The van der Waals surface area contributed by atoms with Gasteiger partial charge in [0.05, 0.1) is 16.2 Å². The molecule has 0 fully saturated rings. The molecule has 2 rings (SSSR count). The molecular formula is C15H13N3O4. The summed E-state index contributed by atoms with van der Waals surface area (Å²) in [6.45, 7) is 1.62. The second kappa shape index (κ2) is 6.49. The highest BCUT2D eigenvalue weighted by molar-refractivity contribution is 6.01. The number of non-ortho nitro benzene ring substituents is 1. The molecule has 0 aliphatic heterocycles. The molecule has 0 saturated heterocycles. The summed E-state index contributed by atoms with van der Waals surface area (Å²) in [6, 6.07) is 12.0. The SMILES string of the molecule is C/C(=N\NC(=O)c1ccccc1O)c1cccc([N+](=O)[O-])c1. The third-order valence-electron chi connectivity index (χ3n) is 2.95. The Bertz CT molecular complexity index is 756. The van der Waals surface area contributed by atoms with Gasteiger partial charge >= 0.3 is 0 Å². The van der Waals surface area contributed by atoms with Crippen molar-refractivity contribution in [1.82, 2.24) is 5.43 Å². The van der Waals surface area contributed by atoms with Gasteiger partial charge in [-0.25, -0.2) is 5.43 Å². The maximum atomic E-state index is 11.9. The van der Waals surface area contributed by atoms with Gasteiger partial charge in [0.2, 0.25) is 0 Å². The van der Waals surface area contributed by atoms with E-state index in [1.165, 1.54) is 30.3 Å². The molecule has 0 aliphatic rings. The van der Waals surface area contributed by atoms with E-state index in [0.717, 1.165) is 0 Å². The highest BCUT2D eigenvalue weighted by Crippen LogP contribution is 2.16. The lowest BCUT2D eigenvalue weighted by Gasteiger charge is -2.04. The molecule has 0 atom stereocenters. The van der Waals surface area contributed by atoms with E-state index in [9.17, 15) is 20.0 Å². The van der Waals surface area contributed by atoms with E-state index in [1.54, 1.807) is 25.1 Å². The van der Waals surface area contributed by atoms with Crippen molar-refractivity contribution in [1.29, 1.82) is 0 Å². The number of rotatable bonds is 4. The van der Waals surface area contributed by atoms with Gasteiger partial charge in [-0.05, 0) is 19.1 Å². The van der Waals surface area contributed by atoms with Crippen LogP contribution in [0.5, 0.6) is 5.75 Å². The smallest absolute Gasteiger partial charge is 0.275 e. The normalized spacial score (nSPS) is 11.0. The number of nitro groups is 1. The molecule has 112 valence electrons. The molecule has 1 amide bonds. The minimum Gasteiger partial charge on any atom is -0.507 e. The van der Waals surface area contributed by atoms with Gasteiger partial charge in [-0.1, -0.05) is 24.3 Å². The first kappa shape index (κ1) is 15.2. The summed E-state index contributed by atoms with van der Waals surface area (Å²) in [5.74, 6) is -0.717. The van der Waals surface area contributed by atoms with Crippen molar-refractivity contribution in [2.45, 2.75) is 6.92 Å². The lowest BCUT2D eigenvalue weighted by Crippen LogP contribution is -2.19. The van der Waals surface area contributed by atoms with Gasteiger partial charge in [-0.3, -0.25) is 14.9 Å². The van der Waals surface area contributed by atoms with E-state index >= 15 is 0 Å². The van der Waals surface area contributed by atoms with E-state index in [4.69, 9.17) is 0 Å². The summed E-state index contributed by atoms with van der Waals surface area (Å²) in [5.41, 5.74) is 3.27. The van der Waals surface area contributed by atoms with E-state index in [0.29, 0.717) is 11.3 Å². The van der Waals surface area contributed by atoms with E-state index in [2.05, 4.69) is 10.5 Å². The Kier molecular flexibility index (Phi) is 4.47. The van der Waals surface area contributed by atoms with Crippen molar-refractivity contribution in [3.63, 3.8) is 0 Å². The number of hydrazone groups is 1. The molecule has 0 aliphatic carbocycles. The van der Waals surface area contributed by atoms with Gasteiger partial charge < -0.3 is 5.11 Å². The summed E-state index contributed by atoms with van der Waals surface area (Å²) < 4.78 is 0. The monoisotopic (exact) mass is 299 g/mol. The number of aromatic hydroxyl groups is 1. The largest absolute Gasteiger partial charge is 0.507 e. The van der Waals surface area contributed by atoms with Crippen LogP contribution in [0.15, 0.2) is 53.6 Å². The number of hydrogen-bond donors (Lipinski definition) is 2. The van der Waals surface area contributed by atoms with E-state index < -0.39 is 10.8 Å². The van der Waals surface area contributed by atoms with Crippen LogP contribution in [0.2, 0.25) is 0 Å². The number of carbonyl (C=O) groups is 1. The van der Waals surface area contributed by atoms with Crippen LogP contribution in [0.1, 0.15) is 22.8 Å². The zero-order valence-corrected chi connectivity index (χ0v) is 11.7. The molecule has 0 saturated carbocycles. The fourth-order valence-electron chi connectivity index (χ4n) is 1.77. The average Bonchev–Trinajstić information content (AvgIpc) is 2.52. The lowest BCUT2D eigenvalue weighted by atomic mass is 10.1. The number of nitrogens with one attached hydrogen (secondary N) is 1. The molecule has 22 heavy (non-hydrogen) atoms. The molecule has 2 aromatic carbocycles.